The first-order valence-corrected chi connectivity index (χ1v) is 7.77. The van der Waals surface area contributed by atoms with Crippen molar-refractivity contribution in [2.75, 3.05) is 0 Å². The van der Waals surface area contributed by atoms with Gasteiger partial charge in [-0.2, -0.15) is 0 Å². The lowest BCUT2D eigenvalue weighted by Crippen LogP contribution is -2.12. The molecule has 0 bridgehead atoms. The van der Waals surface area contributed by atoms with Crippen molar-refractivity contribution >= 4 is 29.1 Å². The van der Waals surface area contributed by atoms with E-state index in [0.29, 0.717) is 21.2 Å². The molecular formula is C19H13Cl2NO. The highest BCUT2D eigenvalue weighted by Crippen LogP contribution is 2.35. The van der Waals surface area contributed by atoms with Crippen LogP contribution in [0, 0.1) is 0 Å². The molecule has 0 spiro atoms. The molecule has 0 atom stereocenters. The van der Waals surface area contributed by atoms with Crippen LogP contribution in [0.15, 0.2) is 66.7 Å². The maximum Gasteiger partial charge on any atom is 0.249 e. The van der Waals surface area contributed by atoms with E-state index in [2.05, 4.69) is 0 Å². The van der Waals surface area contributed by atoms with Gasteiger partial charge in [0, 0.05) is 26.7 Å². The van der Waals surface area contributed by atoms with Gasteiger partial charge < -0.3 is 5.73 Å². The number of amides is 1. The van der Waals surface area contributed by atoms with Gasteiger partial charge in [-0.15, -0.1) is 0 Å². The van der Waals surface area contributed by atoms with Crippen molar-refractivity contribution in [2.45, 2.75) is 0 Å². The third-order valence-corrected chi connectivity index (χ3v) is 4.29. The van der Waals surface area contributed by atoms with Crippen LogP contribution in [0.3, 0.4) is 0 Å². The number of hydrogen-bond acceptors (Lipinski definition) is 1. The summed E-state index contributed by atoms with van der Waals surface area (Å²) in [6.07, 6.45) is 0. The van der Waals surface area contributed by atoms with E-state index in [0.717, 1.165) is 16.7 Å². The standard InChI is InChI=1S/C19H13Cl2NO/c20-17-7-3-1-5-13(17)12-9-10-15(19(22)23)16(11-12)14-6-2-4-8-18(14)21/h1-11H,(H2,22,23). The molecule has 3 aromatic rings. The first kappa shape index (κ1) is 15.6. The second-order valence-electron chi connectivity index (χ2n) is 5.08. The molecule has 23 heavy (non-hydrogen) atoms. The highest BCUT2D eigenvalue weighted by Gasteiger charge is 2.14. The van der Waals surface area contributed by atoms with E-state index in [1.807, 2.05) is 54.6 Å². The summed E-state index contributed by atoms with van der Waals surface area (Å²) in [5.74, 6) is -0.495. The number of carbonyl (C=O) groups excluding carboxylic acids is 1. The number of benzene rings is 3. The summed E-state index contributed by atoms with van der Waals surface area (Å²) in [7, 11) is 0. The van der Waals surface area contributed by atoms with Crippen LogP contribution in [0.1, 0.15) is 10.4 Å². The molecule has 114 valence electrons. The van der Waals surface area contributed by atoms with E-state index in [1.54, 1.807) is 12.1 Å². The van der Waals surface area contributed by atoms with Crippen molar-refractivity contribution < 1.29 is 4.79 Å². The van der Waals surface area contributed by atoms with E-state index < -0.39 is 5.91 Å². The molecule has 0 saturated carbocycles. The molecule has 2 nitrogen and oxygen atoms in total. The number of hydrogen-bond donors (Lipinski definition) is 1. The van der Waals surface area contributed by atoms with E-state index >= 15 is 0 Å². The third kappa shape index (κ3) is 3.09. The molecule has 0 aromatic heterocycles. The van der Waals surface area contributed by atoms with Gasteiger partial charge in [0.15, 0.2) is 0 Å². The number of nitrogens with two attached hydrogens (primary N) is 1. The fraction of sp³-hybridized carbons (Fsp3) is 0. The first-order chi connectivity index (χ1) is 11.1. The molecule has 1 amide bonds. The van der Waals surface area contributed by atoms with E-state index in [-0.39, 0.29) is 0 Å². The van der Waals surface area contributed by atoms with Crippen molar-refractivity contribution in [1.82, 2.24) is 0 Å². The Balaban J connectivity index is 2.25. The average molecular weight is 342 g/mol. The van der Waals surface area contributed by atoms with Crippen LogP contribution in [0.2, 0.25) is 10.0 Å². The minimum atomic E-state index is -0.495. The topological polar surface area (TPSA) is 43.1 Å². The lowest BCUT2D eigenvalue weighted by molar-refractivity contribution is 0.100. The van der Waals surface area contributed by atoms with Gasteiger partial charge in [0.2, 0.25) is 5.91 Å². The van der Waals surface area contributed by atoms with Gasteiger partial charge in [-0.05, 0) is 35.4 Å². The molecule has 0 heterocycles. The van der Waals surface area contributed by atoms with Crippen LogP contribution in [0.25, 0.3) is 22.3 Å². The summed E-state index contributed by atoms with van der Waals surface area (Å²) >= 11 is 12.6. The summed E-state index contributed by atoms with van der Waals surface area (Å²) < 4.78 is 0. The number of carbonyl (C=O) groups is 1. The Morgan fingerprint density at radius 3 is 1.87 bits per heavy atom. The molecule has 3 aromatic carbocycles. The number of rotatable bonds is 3. The zero-order valence-electron chi connectivity index (χ0n) is 12.1. The Morgan fingerprint density at radius 1 is 0.739 bits per heavy atom. The van der Waals surface area contributed by atoms with Crippen LogP contribution < -0.4 is 5.73 Å². The van der Waals surface area contributed by atoms with Gasteiger partial charge in [0.25, 0.3) is 0 Å². The van der Waals surface area contributed by atoms with Crippen LogP contribution >= 0.6 is 23.2 Å². The zero-order chi connectivity index (χ0) is 16.4. The Kier molecular flexibility index (Phi) is 4.37. The molecule has 4 heteroatoms. The molecule has 0 radical (unpaired) electrons. The molecular weight excluding hydrogens is 329 g/mol. The van der Waals surface area contributed by atoms with Gasteiger partial charge >= 0.3 is 0 Å². The largest absolute Gasteiger partial charge is 0.366 e. The molecule has 0 aliphatic heterocycles. The second-order valence-corrected chi connectivity index (χ2v) is 5.90. The normalized spacial score (nSPS) is 10.5. The van der Waals surface area contributed by atoms with Crippen LogP contribution in [0.4, 0.5) is 0 Å². The highest BCUT2D eigenvalue weighted by molar-refractivity contribution is 6.34. The quantitative estimate of drug-likeness (QED) is 0.678. The lowest BCUT2D eigenvalue weighted by Gasteiger charge is -2.12. The fourth-order valence-electron chi connectivity index (χ4n) is 2.52. The van der Waals surface area contributed by atoms with Crippen LogP contribution in [-0.2, 0) is 0 Å². The molecule has 0 aliphatic carbocycles. The molecule has 0 fully saturated rings. The predicted molar refractivity (Wildman–Crippen MR) is 95.9 cm³/mol. The minimum Gasteiger partial charge on any atom is -0.366 e. The molecule has 2 N–H and O–H groups in total. The minimum absolute atomic E-state index is 0.425. The number of primary amides is 1. The van der Waals surface area contributed by atoms with E-state index in [1.165, 1.54) is 0 Å². The van der Waals surface area contributed by atoms with Gasteiger partial charge in [-0.1, -0.05) is 65.7 Å². The van der Waals surface area contributed by atoms with Crippen LogP contribution in [-0.4, -0.2) is 5.91 Å². The van der Waals surface area contributed by atoms with Gasteiger partial charge in [0.05, 0.1) is 0 Å². The van der Waals surface area contributed by atoms with Crippen molar-refractivity contribution in [2.24, 2.45) is 5.73 Å². The summed E-state index contributed by atoms with van der Waals surface area (Å²) in [5.41, 5.74) is 9.18. The maximum absolute atomic E-state index is 11.8. The predicted octanol–water partition coefficient (Wildman–Crippen LogP) is 5.43. The molecule has 3 rings (SSSR count). The van der Waals surface area contributed by atoms with Gasteiger partial charge in [0.1, 0.15) is 0 Å². The summed E-state index contributed by atoms with van der Waals surface area (Å²) in [4.78, 5) is 11.8. The Labute approximate surface area is 144 Å². The summed E-state index contributed by atoms with van der Waals surface area (Å²) in [6.45, 7) is 0. The molecule has 0 unspecified atom stereocenters. The first-order valence-electron chi connectivity index (χ1n) is 7.01. The third-order valence-electron chi connectivity index (χ3n) is 3.63. The molecule has 0 saturated heterocycles. The van der Waals surface area contributed by atoms with Crippen LogP contribution in [0.5, 0.6) is 0 Å². The van der Waals surface area contributed by atoms with Gasteiger partial charge in [-0.25, -0.2) is 0 Å². The van der Waals surface area contributed by atoms with Crippen molar-refractivity contribution in [3.63, 3.8) is 0 Å². The smallest absolute Gasteiger partial charge is 0.249 e. The molecule has 0 aliphatic rings. The average Bonchev–Trinajstić information content (AvgIpc) is 2.55. The second kappa shape index (κ2) is 6.45. The lowest BCUT2D eigenvalue weighted by atomic mass is 9.94. The Morgan fingerprint density at radius 2 is 1.30 bits per heavy atom. The summed E-state index contributed by atoms with van der Waals surface area (Å²) in [5, 5.41) is 1.20. The number of halogens is 2. The maximum atomic E-state index is 11.8. The fourth-order valence-corrected chi connectivity index (χ4v) is 3.01. The SMILES string of the molecule is NC(=O)c1ccc(-c2ccccc2Cl)cc1-c1ccccc1Cl. The highest BCUT2D eigenvalue weighted by atomic mass is 35.5. The van der Waals surface area contributed by atoms with E-state index in [9.17, 15) is 4.79 Å². The van der Waals surface area contributed by atoms with E-state index in [4.69, 9.17) is 28.9 Å². The monoisotopic (exact) mass is 341 g/mol. The Hall–Kier alpha value is -2.29. The Bertz CT molecular complexity index is 890. The van der Waals surface area contributed by atoms with Crippen molar-refractivity contribution in [3.05, 3.63) is 82.3 Å². The van der Waals surface area contributed by atoms with Gasteiger partial charge in [-0.3, -0.25) is 4.79 Å². The van der Waals surface area contributed by atoms with Crippen molar-refractivity contribution in [3.8, 4) is 22.3 Å². The summed E-state index contributed by atoms with van der Waals surface area (Å²) in [6, 6.07) is 20.3. The van der Waals surface area contributed by atoms with Crippen molar-refractivity contribution in [1.29, 1.82) is 0 Å². The zero-order valence-corrected chi connectivity index (χ0v) is 13.6.